The topological polar surface area (TPSA) is 98.2 Å². The molecule has 0 bridgehead atoms. The second-order valence-electron chi connectivity index (χ2n) is 4.58. The van der Waals surface area contributed by atoms with Crippen molar-refractivity contribution >= 4 is 44.2 Å². The third-order valence-electron chi connectivity index (χ3n) is 2.67. The van der Waals surface area contributed by atoms with Gasteiger partial charge in [-0.3, -0.25) is 9.52 Å². The summed E-state index contributed by atoms with van der Waals surface area (Å²) in [5, 5.41) is 7.76. The van der Waals surface area contributed by atoms with Gasteiger partial charge in [0, 0.05) is 0 Å². The number of carbonyl (C=O) groups is 1. The minimum absolute atomic E-state index is 0.0985. The number of nitrogens with zero attached hydrogens (tertiary/aromatic N) is 2. The summed E-state index contributed by atoms with van der Waals surface area (Å²) in [6.45, 7) is 1.94. The Morgan fingerprint density at radius 1 is 1.30 bits per heavy atom. The molecule has 0 spiro atoms. The Bertz CT molecular complexity index is 772. The maximum absolute atomic E-state index is 12.1. The summed E-state index contributed by atoms with van der Waals surface area (Å²) in [6, 6.07) is 7.26. The quantitative estimate of drug-likeness (QED) is 0.586. The number of hydrogen-bond donors (Lipinski definition) is 1. The van der Waals surface area contributed by atoms with Crippen molar-refractivity contribution in [1.82, 2.24) is 10.2 Å². The van der Waals surface area contributed by atoms with Crippen molar-refractivity contribution < 1.29 is 17.9 Å². The average Bonchev–Trinajstić information content (AvgIpc) is 2.93. The molecule has 23 heavy (non-hydrogen) atoms. The zero-order valence-corrected chi connectivity index (χ0v) is 14.9. The van der Waals surface area contributed by atoms with Gasteiger partial charge in [-0.25, -0.2) is 8.42 Å². The molecule has 1 N–H and O–H groups in total. The SMILES string of the molecule is COC(=O)CSc1nnc(NS(=O)(=O)Cc2ccc(C)cc2)s1. The van der Waals surface area contributed by atoms with Gasteiger partial charge in [-0.05, 0) is 12.5 Å². The number of nitrogens with one attached hydrogen (secondary N) is 1. The van der Waals surface area contributed by atoms with Crippen LogP contribution in [0.4, 0.5) is 5.13 Å². The van der Waals surface area contributed by atoms with Crippen LogP contribution in [-0.4, -0.2) is 37.4 Å². The van der Waals surface area contributed by atoms with Crippen molar-refractivity contribution in [2.75, 3.05) is 17.6 Å². The number of thioether (sulfide) groups is 1. The fourth-order valence-electron chi connectivity index (χ4n) is 1.56. The van der Waals surface area contributed by atoms with Crippen LogP contribution in [0.1, 0.15) is 11.1 Å². The van der Waals surface area contributed by atoms with Gasteiger partial charge < -0.3 is 4.74 Å². The normalized spacial score (nSPS) is 11.2. The van der Waals surface area contributed by atoms with Crippen LogP contribution in [0.2, 0.25) is 0 Å². The number of sulfonamides is 1. The maximum Gasteiger partial charge on any atom is 0.316 e. The molecule has 0 fully saturated rings. The van der Waals surface area contributed by atoms with Crippen LogP contribution in [0.5, 0.6) is 0 Å². The van der Waals surface area contributed by atoms with Crippen LogP contribution in [0, 0.1) is 6.92 Å². The molecule has 0 saturated carbocycles. The maximum atomic E-state index is 12.1. The van der Waals surface area contributed by atoms with Crippen molar-refractivity contribution in [3.8, 4) is 0 Å². The molecule has 10 heteroatoms. The van der Waals surface area contributed by atoms with Crippen molar-refractivity contribution in [2.24, 2.45) is 0 Å². The highest BCUT2D eigenvalue weighted by Crippen LogP contribution is 2.26. The van der Waals surface area contributed by atoms with Gasteiger partial charge in [0.15, 0.2) is 4.34 Å². The van der Waals surface area contributed by atoms with Crippen molar-refractivity contribution in [1.29, 1.82) is 0 Å². The molecular formula is C13H15N3O4S3. The van der Waals surface area contributed by atoms with E-state index in [1.165, 1.54) is 7.11 Å². The van der Waals surface area contributed by atoms with Gasteiger partial charge >= 0.3 is 5.97 Å². The van der Waals surface area contributed by atoms with Crippen LogP contribution in [-0.2, 0) is 25.3 Å². The number of benzene rings is 1. The second kappa shape index (κ2) is 7.75. The smallest absolute Gasteiger partial charge is 0.316 e. The number of hydrogen-bond acceptors (Lipinski definition) is 8. The highest BCUT2D eigenvalue weighted by Gasteiger charge is 2.15. The second-order valence-corrected chi connectivity index (χ2v) is 8.51. The summed E-state index contributed by atoms with van der Waals surface area (Å²) >= 11 is 2.21. The minimum Gasteiger partial charge on any atom is -0.468 e. The summed E-state index contributed by atoms with van der Waals surface area (Å²) in [4.78, 5) is 11.0. The van der Waals surface area contributed by atoms with Crippen LogP contribution in [0.3, 0.4) is 0 Å². The van der Waals surface area contributed by atoms with Crippen LogP contribution >= 0.6 is 23.1 Å². The van der Waals surface area contributed by atoms with E-state index in [-0.39, 0.29) is 22.6 Å². The predicted molar refractivity (Wildman–Crippen MR) is 90.1 cm³/mol. The summed E-state index contributed by atoms with van der Waals surface area (Å²) < 4.78 is 31.6. The molecule has 0 radical (unpaired) electrons. The monoisotopic (exact) mass is 373 g/mol. The third-order valence-corrected chi connectivity index (χ3v) is 5.96. The van der Waals surface area contributed by atoms with E-state index in [0.717, 1.165) is 28.7 Å². The number of aromatic nitrogens is 2. The first kappa shape index (κ1) is 17.7. The molecule has 1 aromatic carbocycles. The lowest BCUT2D eigenvalue weighted by atomic mass is 10.2. The lowest BCUT2D eigenvalue weighted by Gasteiger charge is -2.05. The van der Waals surface area contributed by atoms with Gasteiger partial charge in [0.25, 0.3) is 0 Å². The molecule has 124 valence electrons. The zero-order valence-electron chi connectivity index (χ0n) is 12.5. The fraction of sp³-hybridized carbons (Fsp3) is 0.308. The van der Waals surface area contributed by atoms with Gasteiger partial charge in [-0.2, -0.15) is 0 Å². The molecule has 0 aliphatic rings. The Hall–Kier alpha value is -1.65. The Kier molecular flexibility index (Phi) is 5.97. The van der Waals surface area contributed by atoms with E-state index in [1.54, 1.807) is 12.1 Å². The zero-order chi connectivity index (χ0) is 16.9. The number of anilines is 1. The van der Waals surface area contributed by atoms with Crippen molar-refractivity contribution in [3.63, 3.8) is 0 Å². The Morgan fingerprint density at radius 2 is 2.00 bits per heavy atom. The summed E-state index contributed by atoms with van der Waals surface area (Å²) in [7, 11) is -2.27. The van der Waals surface area contributed by atoms with Gasteiger partial charge in [0.2, 0.25) is 15.2 Å². The predicted octanol–water partition coefficient (Wildman–Crippen LogP) is 2.05. The molecule has 0 amide bonds. The number of carbonyl (C=O) groups excluding carboxylic acids is 1. The standard InChI is InChI=1S/C13H15N3O4S3/c1-9-3-5-10(6-4-9)8-23(18,19)16-12-14-15-13(22-12)21-7-11(17)20-2/h3-6H,7-8H2,1-2H3,(H,14,16). The molecule has 1 aromatic heterocycles. The fourth-order valence-corrected chi connectivity index (χ4v) is 4.56. The van der Waals surface area contributed by atoms with Crippen molar-refractivity contribution in [2.45, 2.75) is 17.0 Å². The average molecular weight is 373 g/mol. The molecule has 0 saturated heterocycles. The molecule has 7 nitrogen and oxygen atoms in total. The van der Waals surface area contributed by atoms with E-state index in [9.17, 15) is 13.2 Å². The summed E-state index contributed by atoms with van der Waals surface area (Å²) in [5.74, 6) is -0.426. The molecular weight excluding hydrogens is 358 g/mol. The van der Waals surface area contributed by atoms with Gasteiger partial charge in [0.05, 0.1) is 18.6 Å². The van der Waals surface area contributed by atoms with Crippen LogP contribution < -0.4 is 4.72 Å². The first-order valence-corrected chi connectivity index (χ1v) is 9.92. The first-order valence-electron chi connectivity index (χ1n) is 6.47. The molecule has 2 rings (SSSR count). The van der Waals surface area contributed by atoms with E-state index < -0.39 is 10.0 Å². The number of aryl methyl sites for hydroxylation is 1. The molecule has 2 aromatic rings. The lowest BCUT2D eigenvalue weighted by molar-refractivity contribution is -0.137. The van der Waals surface area contributed by atoms with Crippen LogP contribution in [0.25, 0.3) is 0 Å². The lowest BCUT2D eigenvalue weighted by Crippen LogP contribution is -2.14. The summed E-state index contributed by atoms with van der Waals surface area (Å²) in [5.41, 5.74) is 1.75. The number of esters is 1. The third kappa shape index (κ3) is 5.81. The highest BCUT2D eigenvalue weighted by atomic mass is 32.2. The van der Waals surface area contributed by atoms with Gasteiger partial charge in [-0.15, -0.1) is 10.2 Å². The molecule has 0 unspecified atom stereocenters. The Labute approximate surface area is 142 Å². The minimum atomic E-state index is -3.57. The largest absolute Gasteiger partial charge is 0.468 e. The molecule has 0 atom stereocenters. The first-order chi connectivity index (χ1) is 10.9. The van der Waals surface area contributed by atoms with E-state index in [1.807, 2.05) is 19.1 Å². The van der Waals surface area contributed by atoms with Gasteiger partial charge in [-0.1, -0.05) is 52.9 Å². The van der Waals surface area contributed by atoms with Crippen LogP contribution in [0.15, 0.2) is 28.6 Å². The van der Waals surface area contributed by atoms with Gasteiger partial charge in [0.1, 0.15) is 0 Å². The molecule has 1 heterocycles. The number of ether oxygens (including phenoxy) is 1. The number of methoxy groups -OCH3 is 1. The van der Waals surface area contributed by atoms with Crippen molar-refractivity contribution in [3.05, 3.63) is 35.4 Å². The van der Waals surface area contributed by atoms with E-state index in [2.05, 4.69) is 19.7 Å². The summed E-state index contributed by atoms with van der Waals surface area (Å²) in [6.07, 6.45) is 0. The van der Waals surface area contributed by atoms with E-state index >= 15 is 0 Å². The van der Waals surface area contributed by atoms with E-state index in [0.29, 0.717) is 9.90 Å². The molecule has 0 aliphatic carbocycles. The highest BCUT2D eigenvalue weighted by molar-refractivity contribution is 8.01. The Morgan fingerprint density at radius 3 is 2.65 bits per heavy atom. The molecule has 0 aliphatic heterocycles. The van der Waals surface area contributed by atoms with E-state index in [4.69, 9.17) is 0 Å². The Balaban J connectivity index is 1.96. The number of rotatable bonds is 7.